The fourth-order valence-corrected chi connectivity index (χ4v) is 3.58. The van der Waals surface area contributed by atoms with Gasteiger partial charge in [-0.3, -0.25) is 14.5 Å². The van der Waals surface area contributed by atoms with Crippen molar-refractivity contribution in [2.45, 2.75) is 6.54 Å². The lowest BCUT2D eigenvalue weighted by Crippen LogP contribution is -2.32. The van der Waals surface area contributed by atoms with Crippen molar-refractivity contribution in [1.82, 2.24) is 4.90 Å². The molecule has 2 amide bonds. The number of hydrogen-bond acceptors (Lipinski definition) is 4. The molecular weight excluding hydrogens is 438 g/mol. The number of rotatable bonds is 6. The van der Waals surface area contributed by atoms with E-state index < -0.39 is 23.4 Å². The predicted molar refractivity (Wildman–Crippen MR) is 117 cm³/mol. The number of nitrogens with zero attached hydrogens (tertiary/aromatic N) is 1. The van der Waals surface area contributed by atoms with Crippen LogP contribution in [0.1, 0.15) is 11.1 Å². The molecule has 32 heavy (non-hydrogen) atoms. The summed E-state index contributed by atoms with van der Waals surface area (Å²) in [4.78, 5) is 27.6. The molecule has 5 nitrogen and oxygen atoms in total. The number of imide groups is 1. The first kappa shape index (κ1) is 21.5. The van der Waals surface area contributed by atoms with Gasteiger partial charge in [0.15, 0.2) is 0 Å². The minimum Gasteiger partial charge on any atom is -0.495 e. The number of amides is 2. The van der Waals surface area contributed by atoms with Gasteiger partial charge < -0.3 is 10.1 Å². The van der Waals surface area contributed by atoms with Crippen LogP contribution in [0.4, 0.5) is 14.5 Å². The largest absolute Gasteiger partial charge is 0.495 e. The second-order valence-electron chi connectivity index (χ2n) is 7.05. The van der Waals surface area contributed by atoms with Crippen LogP contribution in [0.5, 0.6) is 5.75 Å². The number of halogens is 3. The van der Waals surface area contributed by atoms with E-state index >= 15 is 0 Å². The van der Waals surface area contributed by atoms with Crippen LogP contribution >= 0.6 is 11.6 Å². The van der Waals surface area contributed by atoms with Gasteiger partial charge in [0.25, 0.3) is 11.8 Å². The van der Waals surface area contributed by atoms with Crippen LogP contribution in [0.15, 0.2) is 72.4 Å². The highest BCUT2D eigenvalue weighted by molar-refractivity contribution is 6.36. The number of nitrogens with one attached hydrogen (secondary N) is 1. The van der Waals surface area contributed by atoms with E-state index in [1.54, 1.807) is 18.2 Å². The number of methoxy groups -OCH3 is 1. The molecule has 1 aliphatic heterocycles. The predicted octanol–water partition coefficient (Wildman–Crippen LogP) is 5.02. The Hall–Kier alpha value is -3.71. The van der Waals surface area contributed by atoms with Gasteiger partial charge in [0, 0.05) is 5.02 Å². The molecule has 0 atom stereocenters. The van der Waals surface area contributed by atoms with E-state index in [2.05, 4.69) is 5.32 Å². The topological polar surface area (TPSA) is 58.6 Å². The van der Waals surface area contributed by atoms with Gasteiger partial charge in [0.1, 0.15) is 23.1 Å². The average molecular weight is 455 g/mol. The average Bonchev–Trinajstić information content (AvgIpc) is 3.00. The van der Waals surface area contributed by atoms with Gasteiger partial charge in [0.2, 0.25) is 0 Å². The van der Waals surface area contributed by atoms with E-state index in [1.807, 2.05) is 0 Å². The second-order valence-corrected chi connectivity index (χ2v) is 7.49. The molecule has 0 fully saturated rings. The van der Waals surface area contributed by atoms with Crippen molar-refractivity contribution in [3.05, 3.63) is 100 Å². The third-order valence-electron chi connectivity index (χ3n) is 4.98. The first-order valence-corrected chi connectivity index (χ1v) is 9.96. The van der Waals surface area contributed by atoms with Crippen molar-refractivity contribution in [2.75, 3.05) is 12.4 Å². The molecule has 0 unspecified atom stereocenters. The van der Waals surface area contributed by atoms with Crippen LogP contribution in [0.2, 0.25) is 5.02 Å². The fourth-order valence-electron chi connectivity index (χ4n) is 3.40. The van der Waals surface area contributed by atoms with Crippen molar-refractivity contribution in [3.63, 3.8) is 0 Å². The molecule has 0 aromatic heterocycles. The number of hydrogen-bond donors (Lipinski definition) is 1. The Balaban J connectivity index is 1.77. The van der Waals surface area contributed by atoms with Crippen LogP contribution in [0.25, 0.3) is 5.57 Å². The third-order valence-corrected chi connectivity index (χ3v) is 5.21. The molecule has 3 aromatic rings. The molecule has 0 radical (unpaired) electrons. The van der Waals surface area contributed by atoms with Crippen molar-refractivity contribution < 1.29 is 23.1 Å². The Bertz CT molecular complexity index is 1220. The maximum absolute atomic E-state index is 13.5. The highest BCUT2D eigenvalue weighted by atomic mass is 35.5. The SMILES string of the molecule is COc1ccc(Cl)cc1NC1=C(c2ccc(F)cc2)C(=O)N(Cc2ccc(F)cc2)C1=O. The van der Waals surface area contributed by atoms with E-state index in [9.17, 15) is 18.4 Å². The lowest BCUT2D eigenvalue weighted by Gasteiger charge is -2.16. The summed E-state index contributed by atoms with van der Waals surface area (Å²) in [6.45, 7) is -0.0551. The molecule has 1 N–H and O–H groups in total. The number of benzene rings is 3. The third kappa shape index (κ3) is 4.20. The molecule has 0 saturated carbocycles. The molecule has 162 valence electrons. The molecular formula is C24H17ClF2N2O3. The summed E-state index contributed by atoms with van der Waals surface area (Å²) >= 11 is 6.10. The Morgan fingerprint density at radius 3 is 2.16 bits per heavy atom. The zero-order chi connectivity index (χ0) is 22.8. The monoisotopic (exact) mass is 454 g/mol. The van der Waals surface area contributed by atoms with Gasteiger partial charge in [-0.05, 0) is 53.6 Å². The molecule has 1 aliphatic rings. The number of anilines is 1. The number of carbonyl (C=O) groups excluding carboxylic acids is 2. The minimum atomic E-state index is -0.583. The van der Waals surface area contributed by atoms with Gasteiger partial charge in [-0.25, -0.2) is 8.78 Å². The first-order valence-electron chi connectivity index (χ1n) is 9.59. The standard InChI is InChI=1S/C24H17ClF2N2O3/c1-32-20-11-6-16(25)12-19(20)28-22-21(15-4-9-18(27)10-5-15)23(30)29(24(22)31)13-14-2-7-17(26)8-3-14/h2-12,28H,13H2,1H3. The normalized spacial score (nSPS) is 13.7. The van der Waals surface area contributed by atoms with Crippen molar-refractivity contribution in [1.29, 1.82) is 0 Å². The van der Waals surface area contributed by atoms with E-state index in [4.69, 9.17) is 16.3 Å². The van der Waals surface area contributed by atoms with Gasteiger partial charge in [-0.15, -0.1) is 0 Å². The van der Waals surface area contributed by atoms with Crippen molar-refractivity contribution >= 4 is 34.7 Å². The quantitative estimate of drug-likeness (QED) is 0.531. The second kappa shape index (κ2) is 8.80. The molecule has 4 rings (SSSR count). The van der Waals surface area contributed by atoms with E-state index in [-0.39, 0.29) is 17.8 Å². The van der Waals surface area contributed by atoms with E-state index in [0.717, 1.165) is 4.90 Å². The zero-order valence-electron chi connectivity index (χ0n) is 16.9. The van der Waals surface area contributed by atoms with Gasteiger partial charge in [-0.1, -0.05) is 35.9 Å². The summed E-state index contributed by atoms with van der Waals surface area (Å²) in [6.07, 6.45) is 0. The fraction of sp³-hybridized carbons (Fsp3) is 0.0833. The molecule has 0 aliphatic carbocycles. The highest BCUT2D eigenvalue weighted by Crippen LogP contribution is 2.35. The molecule has 0 bridgehead atoms. The van der Waals surface area contributed by atoms with Crippen LogP contribution in [0, 0.1) is 11.6 Å². The van der Waals surface area contributed by atoms with Gasteiger partial charge in [-0.2, -0.15) is 0 Å². The van der Waals surface area contributed by atoms with E-state index in [1.165, 1.54) is 55.6 Å². The summed E-state index contributed by atoms with van der Waals surface area (Å²) in [5.41, 5.74) is 1.42. The smallest absolute Gasteiger partial charge is 0.278 e. The summed E-state index contributed by atoms with van der Waals surface area (Å²) in [6, 6.07) is 15.6. The summed E-state index contributed by atoms with van der Waals surface area (Å²) in [5.74, 6) is -1.62. The van der Waals surface area contributed by atoms with Crippen molar-refractivity contribution in [2.24, 2.45) is 0 Å². The van der Waals surface area contributed by atoms with Crippen LogP contribution in [0.3, 0.4) is 0 Å². The lowest BCUT2D eigenvalue weighted by molar-refractivity contribution is -0.137. The van der Waals surface area contributed by atoms with Gasteiger partial charge in [0.05, 0.1) is 24.9 Å². The molecule has 0 spiro atoms. The maximum Gasteiger partial charge on any atom is 0.278 e. The van der Waals surface area contributed by atoms with Gasteiger partial charge >= 0.3 is 0 Å². The Kier molecular flexibility index (Phi) is 5.92. The molecule has 8 heteroatoms. The number of ether oxygens (including phenoxy) is 1. The Labute approximate surface area is 187 Å². The van der Waals surface area contributed by atoms with E-state index in [0.29, 0.717) is 27.6 Å². The highest BCUT2D eigenvalue weighted by Gasteiger charge is 2.39. The summed E-state index contributed by atoms with van der Waals surface area (Å²) in [7, 11) is 1.46. The maximum atomic E-state index is 13.5. The first-order chi connectivity index (χ1) is 15.4. The van der Waals surface area contributed by atoms with Crippen molar-refractivity contribution in [3.8, 4) is 5.75 Å². The van der Waals surface area contributed by atoms with Crippen LogP contribution < -0.4 is 10.1 Å². The Morgan fingerprint density at radius 2 is 1.53 bits per heavy atom. The molecule has 1 heterocycles. The molecule has 3 aromatic carbocycles. The number of carbonyl (C=O) groups is 2. The summed E-state index contributed by atoms with van der Waals surface area (Å²) in [5, 5.41) is 3.37. The lowest BCUT2D eigenvalue weighted by atomic mass is 10.0. The zero-order valence-corrected chi connectivity index (χ0v) is 17.6. The molecule has 0 saturated heterocycles. The Morgan fingerprint density at radius 1 is 0.906 bits per heavy atom. The van der Waals surface area contributed by atoms with Crippen LogP contribution in [-0.4, -0.2) is 23.8 Å². The van der Waals surface area contributed by atoms with Crippen LogP contribution in [-0.2, 0) is 16.1 Å². The minimum absolute atomic E-state index is 0.00397. The summed E-state index contributed by atoms with van der Waals surface area (Å²) < 4.78 is 32.1.